The molecule has 0 spiro atoms. The highest BCUT2D eigenvalue weighted by molar-refractivity contribution is 7.20. The van der Waals surface area contributed by atoms with E-state index in [1.807, 2.05) is 12.1 Å². The van der Waals surface area contributed by atoms with E-state index in [4.69, 9.17) is 10.5 Å². The Hall–Kier alpha value is -2.95. The summed E-state index contributed by atoms with van der Waals surface area (Å²) in [5, 5.41) is 9.26. The molecule has 1 aromatic heterocycles. The number of carbonyl (C=O) groups excluding carboxylic acids is 3. The van der Waals surface area contributed by atoms with Crippen LogP contribution in [-0.4, -0.2) is 68.2 Å². The highest BCUT2D eigenvalue weighted by Gasteiger charge is 2.23. The first-order valence-corrected chi connectivity index (χ1v) is 11.5. The van der Waals surface area contributed by atoms with Gasteiger partial charge in [-0.1, -0.05) is 12.1 Å². The Morgan fingerprint density at radius 2 is 1.91 bits per heavy atom. The van der Waals surface area contributed by atoms with Crippen molar-refractivity contribution >= 4 is 34.2 Å². The van der Waals surface area contributed by atoms with Crippen molar-refractivity contribution < 1.29 is 19.1 Å². The number of amides is 4. The summed E-state index contributed by atoms with van der Waals surface area (Å²) in [5.41, 5.74) is 7.14. The van der Waals surface area contributed by atoms with Gasteiger partial charge < -0.3 is 26.0 Å². The van der Waals surface area contributed by atoms with Crippen LogP contribution in [-0.2, 0) is 4.74 Å². The first kappa shape index (κ1) is 22.3. The molecule has 5 N–H and O–H groups in total. The molecule has 170 valence electrons. The summed E-state index contributed by atoms with van der Waals surface area (Å²) in [6, 6.07) is 8.33. The quantitative estimate of drug-likeness (QED) is 0.545. The Bertz CT molecular complexity index is 979. The Morgan fingerprint density at radius 3 is 2.56 bits per heavy atom. The minimum Gasteiger partial charge on any atom is -0.378 e. The van der Waals surface area contributed by atoms with Gasteiger partial charge in [-0.3, -0.25) is 14.9 Å². The number of carbonyl (C=O) groups is 3. The van der Waals surface area contributed by atoms with E-state index >= 15 is 0 Å². The maximum Gasteiger partial charge on any atom is 0.317 e. The van der Waals surface area contributed by atoms with E-state index < -0.39 is 6.03 Å². The largest absolute Gasteiger partial charge is 0.378 e. The van der Waals surface area contributed by atoms with Gasteiger partial charge >= 0.3 is 6.03 Å². The molecule has 10 heteroatoms. The lowest BCUT2D eigenvalue weighted by Gasteiger charge is -2.26. The molecule has 2 aromatic rings. The molecule has 2 saturated heterocycles. The zero-order valence-corrected chi connectivity index (χ0v) is 18.5. The summed E-state index contributed by atoms with van der Waals surface area (Å²) in [6.45, 7) is 3.95. The van der Waals surface area contributed by atoms with Crippen molar-refractivity contribution in [2.24, 2.45) is 5.73 Å². The summed E-state index contributed by atoms with van der Waals surface area (Å²) in [7, 11) is 0. The molecule has 4 rings (SSSR count). The van der Waals surface area contributed by atoms with E-state index in [1.54, 1.807) is 23.1 Å². The van der Waals surface area contributed by atoms with Crippen molar-refractivity contribution in [1.82, 2.24) is 15.5 Å². The van der Waals surface area contributed by atoms with Gasteiger partial charge in [0.15, 0.2) is 0 Å². The van der Waals surface area contributed by atoms with Crippen molar-refractivity contribution in [1.29, 1.82) is 0 Å². The van der Waals surface area contributed by atoms with Crippen LogP contribution in [0.1, 0.15) is 33.6 Å². The number of thiophene rings is 1. The molecule has 0 aliphatic carbocycles. The number of primary amides is 1. The smallest absolute Gasteiger partial charge is 0.317 e. The van der Waals surface area contributed by atoms with Gasteiger partial charge in [-0.25, -0.2) is 4.79 Å². The lowest BCUT2D eigenvalue weighted by atomic mass is 10.1. The number of benzene rings is 1. The molecule has 0 radical (unpaired) electrons. The SMILES string of the molecule is NC(=O)Nc1sc(-c2ccc(C(=O)N3CCOCC3)cc2)cc1C(=O)N[C@H]1CCCNC1. The average molecular weight is 458 g/mol. The van der Waals surface area contributed by atoms with Gasteiger partial charge in [0, 0.05) is 36.1 Å². The summed E-state index contributed by atoms with van der Waals surface area (Å²) < 4.78 is 5.30. The third-order valence-electron chi connectivity index (χ3n) is 5.56. The highest BCUT2D eigenvalue weighted by Crippen LogP contribution is 2.36. The molecule has 1 aromatic carbocycles. The van der Waals surface area contributed by atoms with Gasteiger partial charge in [0.1, 0.15) is 5.00 Å². The summed E-state index contributed by atoms with van der Waals surface area (Å²) in [4.78, 5) is 39.6. The molecule has 3 heterocycles. The predicted molar refractivity (Wildman–Crippen MR) is 123 cm³/mol. The molecule has 2 fully saturated rings. The number of anilines is 1. The van der Waals surface area contributed by atoms with Crippen molar-refractivity contribution in [3.8, 4) is 10.4 Å². The number of hydrogen-bond acceptors (Lipinski definition) is 6. The molecule has 32 heavy (non-hydrogen) atoms. The summed E-state index contributed by atoms with van der Waals surface area (Å²) >= 11 is 1.27. The fourth-order valence-electron chi connectivity index (χ4n) is 3.87. The van der Waals surface area contributed by atoms with Crippen LogP contribution in [0.2, 0.25) is 0 Å². The van der Waals surface area contributed by atoms with Crippen LogP contribution >= 0.6 is 11.3 Å². The van der Waals surface area contributed by atoms with Gasteiger partial charge in [0.2, 0.25) is 0 Å². The monoisotopic (exact) mass is 457 g/mol. The fraction of sp³-hybridized carbons (Fsp3) is 0.409. The Kier molecular flexibility index (Phi) is 7.03. The molecule has 0 bridgehead atoms. The normalized spacial score (nSPS) is 18.8. The van der Waals surface area contributed by atoms with E-state index in [9.17, 15) is 14.4 Å². The second-order valence-corrected chi connectivity index (χ2v) is 8.89. The number of urea groups is 1. The molecule has 2 aliphatic rings. The van der Waals surface area contributed by atoms with E-state index in [-0.39, 0.29) is 17.9 Å². The van der Waals surface area contributed by atoms with E-state index in [0.29, 0.717) is 42.4 Å². The van der Waals surface area contributed by atoms with Crippen molar-refractivity contribution in [2.75, 3.05) is 44.7 Å². The van der Waals surface area contributed by atoms with Crippen LogP contribution in [0.5, 0.6) is 0 Å². The fourth-order valence-corrected chi connectivity index (χ4v) is 4.93. The van der Waals surface area contributed by atoms with Crippen LogP contribution in [0, 0.1) is 0 Å². The second kappa shape index (κ2) is 10.1. The molecule has 4 amide bonds. The van der Waals surface area contributed by atoms with Gasteiger partial charge in [0.05, 0.1) is 18.8 Å². The molecular weight excluding hydrogens is 430 g/mol. The van der Waals surface area contributed by atoms with E-state index in [0.717, 1.165) is 36.4 Å². The van der Waals surface area contributed by atoms with Crippen LogP contribution < -0.4 is 21.7 Å². The Balaban J connectivity index is 1.52. The molecule has 1 atom stereocenters. The number of nitrogens with two attached hydrogens (primary N) is 1. The van der Waals surface area contributed by atoms with Crippen LogP contribution in [0.3, 0.4) is 0 Å². The standard InChI is InChI=1S/C22H27N5O4S/c23-22(30)26-20-17(19(28)25-16-2-1-7-24-13-16)12-18(32-20)14-3-5-15(6-4-14)21(29)27-8-10-31-11-9-27/h3-6,12,16,24H,1-2,7-11,13H2,(H,25,28)(H3,23,26,30)/t16-/m0/s1. The number of nitrogens with zero attached hydrogens (tertiary/aromatic N) is 1. The second-order valence-electron chi connectivity index (χ2n) is 7.84. The lowest BCUT2D eigenvalue weighted by Crippen LogP contribution is -2.45. The first-order valence-electron chi connectivity index (χ1n) is 10.7. The van der Waals surface area contributed by atoms with Crippen LogP contribution in [0.4, 0.5) is 9.80 Å². The van der Waals surface area contributed by atoms with Gasteiger partial charge in [-0.05, 0) is 43.1 Å². The van der Waals surface area contributed by atoms with E-state index in [2.05, 4.69) is 16.0 Å². The van der Waals surface area contributed by atoms with Crippen LogP contribution in [0.15, 0.2) is 30.3 Å². The molecule has 0 saturated carbocycles. The van der Waals surface area contributed by atoms with E-state index in [1.165, 1.54) is 11.3 Å². The van der Waals surface area contributed by atoms with Crippen molar-refractivity contribution in [2.45, 2.75) is 18.9 Å². The minimum atomic E-state index is -0.724. The minimum absolute atomic E-state index is 0.0247. The average Bonchev–Trinajstić information content (AvgIpc) is 3.23. The topological polar surface area (TPSA) is 126 Å². The maximum absolute atomic E-state index is 12.9. The zero-order chi connectivity index (χ0) is 22.5. The Labute approximate surface area is 190 Å². The number of hydrogen-bond donors (Lipinski definition) is 4. The molecule has 0 unspecified atom stereocenters. The highest BCUT2D eigenvalue weighted by atomic mass is 32.1. The number of nitrogens with one attached hydrogen (secondary N) is 3. The molecule has 9 nitrogen and oxygen atoms in total. The predicted octanol–water partition coefficient (Wildman–Crippen LogP) is 1.86. The first-order chi connectivity index (χ1) is 15.5. The van der Waals surface area contributed by atoms with Crippen molar-refractivity contribution in [3.05, 3.63) is 41.5 Å². The number of rotatable bonds is 5. The van der Waals surface area contributed by atoms with Gasteiger partial charge in [0.25, 0.3) is 11.8 Å². The third-order valence-corrected chi connectivity index (χ3v) is 6.66. The van der Waals surface area contributed by atoms with Gasteiger partial charge in [-0.2, -0.15) is 0 Å². The molecular formula is C22H27N5O4S. The van der Waals surface area contributed by atoms with Gasteiger partial charge in [-0.15, -0.1) is 11.3 Å². The summed E-state index contributed by atoms with van der Waals surface area (Å²) in [6.07, 6.45) is 1.91. The maximum atomic E-state index is 12.9. The number of piperidine rings is 1. The summed E-state index contributed by atoms with van der Waals surface area (Å²) in [5.74, 6) is -0.271. The lowest BCUT2D eigenvalue weighted by molar-refractivity contribution is 0.0303. The third kappa shape index (κ3) is 5.26. The zero-order valence-electron chi connectivity index (χ0n) is 17.7. The number of ether oxygens (including phenoxy) is 1. The Morgan fingerprint density at radius 1 is 1.16 bits per heavy atom. The number of morpholine rings is 1. The van der Waals surface area contributed by atoms with Crippen LogP contribution in [0.25, 0.3) is 10.4 Å². The molecule has 2 aliphatic heterocycles. The van der Waals surface area contributed by atoms with Crippen molar-refractivity contribution in [3.63, 3.8) is 0 Å².